The first-order valence-electron chi connectivity index (χ1n) is 5.40. The maximum Gasteiger partial charge on any atom is 0.237 e. The highest BCUT2D eigenvalue weighted by atomic mass is 16.2. The SMILES string of the molecule is CCN1C(=O)CN(C(C)(C)C)CC1C. The second-order valence-electron chi connectivity index (χ2n) is 5.08. The molecule has 1 unspecified atom stereocenters. The van der Waals surface area contributed by atoms with Gasteiger partial charge in [0.1, 0.15) is 0 Å². The highest BCUT2D eigenvalue weighted by molar-refractivity contribution is 5.79. The standard InChI is InChI=1S/C11H22N2O/c1-6-13-9(2)7-12(8-10(13)14)11(3,4)5/h9H,6-8H2,1-5H3. The monoisotopic (exact) mass is 198 g/mol. The summed E-state index contributed by atoms with van der Waals surface area (Å²) < 4.78 is 0. The molecule has 0 aromatic heterocycles. The van der Waals surface area contributed by atoms with Gasteiger partial charge in [0.25, 0.3) is 0 Å². The van der Waals surface area contributed by atoms with E-state index in [1.807, 2.05) is 11.8 Å². The largest absolute Gasteiger partial charge is 0.338 e. The lowest BCUT2D eigenvalue weighted by Gasteiger charge is -2.45. The van der Waals surface area contributed by atoms with E-state index in [2.05, 4.69) is 32.6 Å². The molecule has 0 aromatic carbocycles. The lowest BCUT2D eigenvalue weighted by Crippen LogP contribution is -2.59. The zero-order chi connectivity index (χ0) is 10.9. The molecule has 0 spiro atoms. The molecule has 0 radical (unpaired) electrons. The zero-order valence-corrected chi connectivity index (χ0v) is 10.0. The predicted octanol–water partition coefficient (Wildman–Crippen LogP) is 1.34. The minimum atomic E-state index is 0.101. The van der Waals surface area contributed by atoms with Gasteiger partial charge < -0.3 is 4.90 Å². The third-order valence-electron chi connectivity index (χ3n) is 2.95. The first-order valence-corrected chi connectivity index (χ1v) is 5.40. The fraction of sp³-hybridized carbons (Fsp3) is 0.909. The van der Waals surface area contributed by atoms with Gasteiger partial charge in [0.15, 0.2) is 0 Å². The van der Waals surface area contributed by atoms with Gasteiger partial charge >= 0.3 is 0 Å². The smallest absolute Gasteiger partial charge is 0.237 e. The quantitative estimate of drug-likeness (QED) is 0.635. The van der Waals surface area contributed by atoms with Gasteiger partial charge in [-0.3, -0.25) is 9.69 Å². The van der Waals surface area contributed by atoms with Gasteiger partial charge in [-0.05, 0) is 34.6 Å². The van der Waals surface area contributed by atoms with E-state index in [-0.39, 0.29) is 11.4 Å². The molecule has 1 atom stereocenters. The topological polar surface area (TPSA) is 23.6 Å². The Morgan fingerprint density at radius 2 is 2.00 bits per heavy atom. The van der Waals surface area contributed by atoms with E-state index in [0.717, 1.165) is 13.1 Å². The van der Waals surface area contributed by atoms with Crippen molar-refractivity contribution in [1.29, 1.82) is 0 Å². The van der Waals surface area contributed by atoms with Crippen LogP contribution in [0.1, 0.15) is 34.6 Å². The summed E-state index contributed by atoms with van der Waals surface area (Å²) in [5, 5.41) is 0. The normalized spacial score (nSPS) is 25.6. The number of likely N-dealkylation sites (N-methyl/N-ethyl adjacent to an activating group) is 1. The van der Waals surface area contributed by atoms with Crippen LogP contribution in [-0.2, 0) is 4.79 Å². The highest BCUT2D eigenvalue weighted by Gasteiger charge is 2.33. The van der Waals surface area contributed by atoms with Crippen LogP contribution in [0.2, 0.25) is 0 Å². The second-order valence-corrected chi connectivity index (χ2v) is 5.08. The van der Waals surface area contributed by atoms with Crippen LogP contribution in [0.5, 0.6) is 0 Å². The van der Waals surface area contributed by atoms with Gasteiger partial charge in [-0.25, -0.2) is 0 Å². The summed E-state index contributed by atoms with van der Waals surface area (Å²) >= 11 is 0. The van der Waals surface area contributed by atoms with Crippen LogP contribution < -0.4 is 0 Å². The summed E-state index contributed by atoms with van der Waals surface area (Å²) in [6.45, 7) is 13.0. The lowest BCUT2D eigenvalue weighted by molar-refractivity contribution is -0.141. The van der Waals surface area contributed by atoms with E-state index >= 15 is 0 Å². The molecule has 3 heteroatoms. The van der Waals surface area contributed by atoms with Crippen molar-refractivity contribution in [3.63, 3.8) is 0 Å². The van der Waals surface area contributed by atoms with Crippen LogP contribution in [0, 0.1) is 0 Å². The molecule has 82 valence electrons. The van der Waals surface area contributed by atoms with Crippen molar-refractivity contribution in [1.82, 2.24) is 9.80 Å². The van der Waals surface area contributed by atoms with Crippen LogP contribution in [0.4, 0.5) is 0 Å². The van der Waals surface area contributed by atoms with Crippen molar-refractivity contribution < 1.29 is 4.79 Å². The first kappa shape index (κ1) is 11.5. The highest BCUT2D eigenvalue weighted by Crippen LogP contribution is 2.19. The van der Waals surface area contributed by atoms with Crippen LogP contribution in [0.3, 0.4) is 0 Å². The molecule has 0 saturated carbocycles. The Bertz CT molecular complexity index is 220. The molecule has 3 nitrogen and oxygen atoms in total. The lowest BCUT2D eigenvalue weighted by atomic mass is 10.0. The number of rotatable bonds is 1. The maximum atomic E-state index is 11.8. The van der Waals surface area contributed by atoms with Crippen molar-refractivity contribution in [3.05, 3.63) is 0 Å². The molecular formula is C11H22N2O. The molecule has 1 amide bonds. The molecule has 0 bridgehead atoms. The molecule has 0 aromatic rings. The predicted molar refractivity (Wildman–Crippen MR) is 58.2 cm³/mol. The third-order valence-corrected chi connectivity index (χ3v) is 2.95. The van der Waals surface area contributed by atoms with Crippen molar-refractivity contribution in [3.8, 4) is 0 Å². The van der Waals surface area contributed by atoms with Crippen LogP contribution in [0.25, 0.3) is 0 Å². The van der Waals surface area contributed by atoms with E-state index in [9.17, 15) is 4.79 Å². The third kappa shape index (κ3) is 2.27. The summed E-state index contributed by atoms with van der Waals surface area (Å²) in [4.78, 5) is 16.0. The number of carbonyl (C=O) groups is 1. The summed E-state index contributed by atoms with van der Waals surface area (Å²) in [6, 6.07) is 0.348. The molecule has 1 heterocycles. The van der Waals surface area contributed by atoms with Crippen molar-refractivity contribution in [2.75, 3.05) is 19.6 Å². The summed E-state index contributed by atoms with van der Waals surface area (Å²) in [5.41, 5.74) is 0.101. The Hall–Kier alpha value is -0.570. The number of carbonyl (C=O) groups excluding carboxylic acids is 1. The molecule has 14 heavy (non-hydrogen) atoms. The van der Waals surface area contributed by atoms with Crippen LogP contribution in [-0.4, -0.2) is 46.9 Å². The molecule has 1 aliphatic rings. The number of amides is 1. The Morgan fingerprint density at radius 3 is 2.36 bits per heavy atom. The molecule has 0 N–H and O–H groups in total. The Kier molecular flexibility index (Phi) is 3.20. The summed E-state index contributed by atoms with van der Waals surface area (Å²) in [5.74, 6) is 0.265. The number of nitrogens with zero attached hydrogens (tertiary/aromatic N) is 2. The van der Waals surface area contributed by atoms with E-state index in [4.69, 9.17) is 0 Å². The fourth-order valence-electron chi connectivity index (χ4n) is 1.98. The van der Waals surface area contributed by atoms with E-state index < -0.39 is 0 Å². The molecular weight excluding hydrogens is 176 g/mol. The summed E-state index contributed by atoms with van der Waals surface area (Å²) in [7, 11) is 0. The van der Waals surface area contributed by atoms with Gasteiger partial charge in [0.05, 0.1) is 6.54 Å². The van der Waals surface area contributed by atoms with Gasteiger partial charge in [-0.15, -0.1) is 0 Å². The average Bonchev–Trinajstić information content (AvgIpc) is 2.01. The zero-order valence-electron chi connectivity index (χ0n) is 10.0. The van der Waals surface area contributed by atoms with E-state index in [1.165, 1.54) is 0 Å². The van der Waals surface area contributed by atoms with Crippen LogP contribution in [0.15, 0.2) is 0 Å². The molecule has 1 rings (SSSR count). The van der Waals surface area contributed by atoms with Crippen molar-refractivity contribution in [2.24, 2.45) is 0 Å². The Balaban J connectivity index is 2.70. The molecule has 1 saturated heterocycles. The van der Waals surface area contributed by atoms with Gasteiger partial charge in [-0.1, -0.05) is 0 Å². The molecule has 0 aliphatic carbocycles. The fourth-order valence-corrected chi connectivity index (χ4v) is 1.98. The minimum Gasteiger partial charge on any atom is -0.338 e. The van der Waals surface area contributed by atoms with Gasteiger partial charge in [0.2, 0.25) is 5.91 Å². The van der Waals surface area contributed by atoms with Crippen LogP contribution >= 0.6 is 0 Å². The Morgan fingerprint density at radius 1 is 1.43 bits per heavy atom. The molecule has 1 fully saturated rings. The average molecular weight is 198 g/mol. The summed E-state index contributed by atoms with van der Waals surface area (Å²) in [6.07, 6.45) is 0. The minimum absolute atomic E-state index is 0.101. The number of hydrogen-bond acceptors (Lipinski definition) is 2. The van der Waals surface area contributed by atoms with E-state index in [1.54, 1.807) is 0 Å². The first-order chi connectivity index (χ1) is 6.36. The second kappa shape index (κ2) is 3.89. The number of hydrogen-bond donors (Lipinski definition) is 0. The molecule has 1 aliphatic heterocycles. The van der Waals surface area contributed by atoms with Crippen molar-refractivity contribution in [2.45, 2.75) is 46.2 Å². The van der Waals surface area contributed by atoms with Gasteiger partial charge in [-0.2, -0.15) is 0 Å². The maximum absolute atomic E-state index is 11.8. The van der Waals surface area contributed by atoms with E-state index in [0.29, 0.717) is 12.6 Å². The van der Waals surface area contributed by atoms with Crippen molar-refractivity contribution >= 4 is 5.91 Å². The Labute approximate surface area is 87.1 Å². The number of piperazine rings is 1. The van der Waals surface area contributed by atoms with Gasteiger partial charge in [0, 0.05) is 24.7 Å².